The smallest absolute Gasteiger partial charge is 0.189 e. The number of phenolic OH excluding ortho intramolecular Hbond substituents is 1. The molecule has 0 aromatic heterocycles. The molecule has 5 nitrogen and oxygen atoms in total. The zero-order valence-electron chi connectivity index (χ0n) is 17.0. The minimum atomic E-state index is -0.232. The fraction of sp³-hybridized carbons (Fsp3) is 0.160. The summed E-state index contributed by atoms with van der Waals surface area (Å²) in [5, 5.41) is 9.63. The number of phenols is 1. The lowest BCUT2D eigenvalue weighted by Gasteiger charge is -2.10. The van der Waals surface area contributed by atoms with Crippen LogP contribution in [0.25, 0.3) is 6.08 Å². The van der Waals surface area contributed by atoms with Gasteiger partial charge in [-0.2, -0.15) is 0 Å². The SMILES string of the molecule is CCOc1cc(O)ccc1C(=O)C=Cc1ccc(OCc2ccccc2)cc1OC. The summed E-state index contributed by atoms with van der Waals surface area (Å²) < 4.78 is 16.7. The zero-order valence-corrected chi connectivity index (χ0v) is 17.0. The Kier molecular flexibility index (Phi) is 7.11. The second-order valence-corrected chi connectivity index (χ2v) is 6.49. The van der Waals surface area contributed by atoms with Crippen molar-refractivity contribution in [2.75, 3.05) is 13.7 Å². The molecular weight excluding hydrogens is 380 g/mol. The van der Waals surface area contributed by atoms with Gasteiger partial charge in [0.15, 0.2) is 5.78 Å². The van der Waals surface area contributed by atoms with Gasteiger partial charge in [-0.15, -0.1) is 0 Å². The number of benzene rings is 3. The maximum atomic E-state index is 12.6. The summed E-state index contributed by atoms with van der Waals surface area (Å²) in [4.78, 5) is 12.6. The zero-order chi connectivity index (χ0) is 21.3. The molecule has 3 aromatic carbocycles. The van der Waals surface area contributed by atoms with E-state index < -0.39 is 0 Å². The van der Waals surface area contributed by atoms with Crippen LogP contribution in [0.1, 0.15) is 28.4 Å². The minimum Gasteiger partial charge on any atom is -0.508 e. The Bertz CT molecular complexity index is 1020. The fourth-order valence-corrected chi connectivity index (χ4v) is 2.90. The molecule has 0 radical (unpaired) electrons. The summed E-state index contributed by atoms with van der Waals surface area (Å²) >= 11 is 0. The average molecular weight is 404 g/mol. The molecule has 0 amide bonds. The Morgan fingerprint density at radius 1 is 0.967 bits per heavy atom. The van der Waals surface area contributed by atoms with E-state index in [1.165, 1.54) is 18.2 Å². The van der Waals surface area contributed by atoms with E-state index in [0.717, 1.165) is 11.1 Å². The Morgan fingerprint density at radius 2 is 1.77 bits per heavy atom. The van der Waals surface area contributed by atoms with Crippen LogP contribution in [-0.4, -0.2) is 24.6 Å². The van der Waals surface area contributed by atoms with E-state index in [2.05, 4.69) is 0 Å². The van der Waals surface area contributed by atoms with Crippen LogP contribution in [-0.2, 0) is 6.61 Å². The first kappa shape index (κ1) is 21.0. The van der Waals surface area contributed by atoms with Crippen molar-refractivity contribution in [3.8, 4) is 23.0 Å². The first-order valence-corrected chi connectivity index (χ1v) is 9.63. The van der Waals surface area contributed by atoms with Gasteiger partial charge in [0.25, 0.3) is 0 Å². The van der Waals surface area contributed by atoms with E-state index in [0.29, 0.717) is 36.0 Å². The van der Waals surface area contributed by atoms with Crippen LogP contribution < -0.4 is 14.2 Å². The van der Waals surface area contributed by atoms with E-state index in [-0.39, 0.29) is 11.5 Å². The van der Waals surface area contributed by atoms with Gasteiger partial charge >= 0.3 is 0 Å². The summed E-state index contributed by atoms with van der Waals surface area (Å²) in [7, 11) is 1.57. The van der Waals surface area contributed by atoms with Crippen LogP contribution >= 0.6 is 0 Å². The number of ketones is 1. The second-order valence-electron chi connectivity index (χ2n) is 6.49. The van der Waals surface area contributed by atoms with E-state index >= 15 is 0 Å². The number of hydrogen-bond donors (Lipinski definition) is 1. The molecule has 0 saturated carbocycles. The summed E-state index contributed by atoms with van der Waals surface area (Å²) in [6.45, 7) is 2.67. The lowest BCUT2D eigenvalue weighted by atomic mass is 10.1. The van der Waals surface area contributed by atoms with Gasteiger partial charge in [0.2, 0.25) is 0 Å². The molecule has 1 N–H and O–H groups in total. The highest BCUT2D eigenvalue weighted by molar-refractivity contribution is 6.08. The van der Waals surface area contributed by atoms with Gasteiger partial charge in [0.1, 0.15) is 29.6 Å². The average Bonchev–Trinajstić information content (AvgIpc) is 2.77. The van der Waals surface area contributed by atoms with E-state index in [4.69, 9.17) is 14.2 Å². The molecule has 0 aliphatic carbocycles. The van der Waals surface area contributed by atoms with Crippen LogP contribution in [0.3, 0.4) is 0 Å². The third-order valence-electron chi connectivity index (χ3n) is 4.40. The van der Waals surface area contributed by atoms with Gasteiger partial charge in [-0.1, -0.05) is 30.3 Å². The molecule has 154 valence electrons. The monoisotopic (exact) mass is 404 g/mol. The predicted octanol–water partition coefficient (Wildman–Crippen LogP) is 5.27. The first-order chi connectivity index (χ1) is 14.6. The summed E-state index contributed by atoms with van der Waals surface area (Å²) in [6, 6.07) is 19.8. The highest BCUT2D eigenvalue weighted by atomic mass is 16.5. The van der Waals surface area contributed by atoms with Crippen LogP contribution in [0.5, 0.6) is 23.0 Å². The van der Waals surface area contributed by atoms with Gasteiger partial charge in [0, 0.05) is 17.7 Å². The van der Waals surface area contributed by atoms with Gasteiger partial charge in [-0.25, -0.2) is 0 Å². The van der Waals surface area contributed by atoms with Crippen molar-refractivity contribution in [3.63, 3.8) is 0 Å². The molecule has 0 aliphatic heterocycles. The molecule has 0 bridgehead atoms. The molecule has 0 unspecified atom stereocenters. The largest absolute Gasteiger partial charge is 0.508 e. The van der Waals surface area contributed by atoms with E-state index in [1.54, 1.807) is 25.3 Å². The van der Waals surface area contributed by atoms with Gasteiger partial charge in [-0.05, 0) is 48.9 Å². The van der Waals surface area contributed by atoms with Gasteiger partial charge in [-0.3, -0.25) is 4.79 Å². The maximum absolute atomic E-state index is 12.6. The number of carbonyl (C=O) groups is 1. The molecule has 0 saturated heterocycles. The highest BCUT2D eigenvalue weighted by Gasteiger charge is 2.11. The van der Waals surface area contributed by atoms with Crippen LogP contribution in [0.15, 0.2) is 72.8 Å². The number of allylic oxidation sites excluding steroid dienone is 1. The minimum absolute atomic E-state index is 0.0479. The van der Waals surface area contributed by atoms with Crippen molar-refractivity contribution in [3.05, 3.63) is 89.5 Å². The number of hydrogen-bond acceptors (Lipinski definition) is 5. The van der Waals surface area contributed by atoms with Crippen molar-refractivity contribution < 1.29 is 24.1 Å². The first-order valence-electron chi connectivity index (χ1n) is 9.63. The normalized spacial score (nSPS) is 10.7. The third kappa shape index (κ3) is 5.41. The predicted molar refractivity (Wildman–Crippen MR) is 116 cm³/mol. The van der Waals surface area contributed by atoms with Gasteiger partial charge < -0.3 is 19.3 Å². The second kappa shape index (κ2) is 10.2. The van der Waals surface area contributed by atoms with Crippen molar-refractivity contribution in [1.29, 1.82) is 0 Å². The lowest BCUT2D eigenvalue weighted by Crippen LogP contribution is -2.01. The van der Waals surface area contributed by atoms with E-state index in [9.17, 15) is 9.90 Å². The molecule has 5 heteroatoms. The van der Waals surface area contributed by atoms with E-state index in [1.807, 2.05) is 49.4 Å². The molecule has 0 atom stereocenters. The van der Waals surface area contributed by atoms with Crippen LogP contribution in [0.4, 0.5) is 0 Å². The Labute approximate surface area is 176 Å². The molecule has 3 rings (SSSR count). The molecule has 0 fully saturated rings. The van der Waals surface area contributed by atoms with Crippen molar-refractivity contribution in [2.24, 2.45) is 0 Å². The highest BCUT2D eigenvalue weighted by Crippen LogP contribution is 2.28. The molecular formula is C25H24O5. The molecule has 3 aromatic rings. The molecule has 0 heterocycles. The van der Waals surface area contributed by atoms with Crippen molar-refractivity contribution >= 4 is 11.9 Å². The summed E-state index contributed by atoms with van der Waals surface area (Å²) in [5.41, 5.74) is 2.20. The molecule has 0 aliphatic rings. The number of ether oxygens (including phenoxy) is 3. The van der Waals surface area contributed by atoms with Gasteiger partial charge in [0.05, 0.1) is 19.3 Å². The van der Waals surface area contributed by atoms with Crippen LogP contribution in [0.2, 0.25) is 0 Å². The topological polar surface area (TPSA) is 65.0 Å². The Morgan fingerprint density at radius 3 is 2.50 bits per heavy atom. The quantitative estimate of drug-likeness (QED) is 0.389. The van der Waals surface area contributed by atoms with Crippen LogP contribution in [0, 0.1) is 0 Å². The Balaban J connectivity index is 1.74. The van der Waals surface area contributed by atoms with Crippen molar-refractivity contribution in [2.45, 2.75) is 13.5 Å². The fourth-order valence-electron chi connectivity index (χ4n) is 2.90. The lowest BCUT2D eigenvalue weighted by molar-refractivity contribution is 0.104. The molecule has 30 heavy (non-hydrogen) atoms. The maximum Gasteiger partial charge on any atom is 0.189 e. The number of methoxy groups -OCH3 is 1. The summed E-state index contributed by atoms with van der Waals surface area (Å²) in [5.74, 6) is 1.44. The number of aromatic hydroxyl groups is 1. The van der Waals surface area contributed by atoms with Crippen molar-refractivity contribution in [1.82, 2.24) is 0 Å². The Hall–Kier alpha value is -3.73. The third-order valence-corrected chi connectivity index (χ3v) is 4.40. The number of carbonyl (C=O) groups excluding carboxylic acids is 1. The standard InChI is InChI=1S/C25H24O5/c1-3-29-25-15-20(26)11-13-22(25)23(27)14-10-19-9-12-21(16-24(19)28-2)30-17-18-7-5-4-6-8-18/h4-16,26H,3,17H2,1-2H3. The molecule has 0 spiro atoms. The number of rotatable bonds is 9. The summed E-state index contributed by atoms with van der Waals surface area (Å²) in [6.07, 6.45) is 3.14.